The highest BCUT2D eigenvalue weighted by molar-refractivity contribution is 7.80. The van der Waals surface area contributed by atoms with Gasteiger partial charge in [-0.15, -0.1) is 0 Å². The molecule has 0 aromatic heterocycles. The Morgan fingerprint density at radius 1 is 1.21 bits per heavy atom. The van der Waals surface area contributed by atoms with Crippen molar-refractivity contribution in [1.29, 1.82) is 0 Å². The summed E-state index contributed by atoms with van der Waals surface area (Å²) in [5.41, 5.74) is -3.45. The number of aliphatic hydroxyl groups is 1. The number of hydrogen-bond donors (Lipinski definition) is 4. The van der Waals surface area contributed by atoms with Crippen molar-refractivity contribution >= 4 is 23.1 Å². The molecule has 0 saturated carbocycles. The topological polar surface area (TPSA) is 90.8 Å². The molecule has 10 heteroatoms. The molecule has 0 bridgehead atoms. The van der Waals surface area contributed by atoms with Crippen LogP contribution in [0, 0.1) is 5.92 Å². The van der Waals surface area contributed by atoms with Gasteiger partial charge in [-0.25, -0.2) is 0 Å². The largest absolute Gasteiger partial charge is 0.504 e. The highest BCUT2D eigenvalue weighted by Crippen LogP contribution is 2.45. The van der Waals surface area contributed by atoms with E-state index >= 15 is 0 Å². The van der Waals surface area contributed by atoms with Gasteiger partial charge in [0.1, 0.15) is 5.92 Å². The number of carbonyl (C=O) groups is 1. The Bertz CT molecular complexity index is 939. The smallest absolute Gasteiger partial charge is 0.437 e. The van der Waals surface area contributed by atoms with E-state index in [1.807, 2.05) is 5.32 Å². The van der Waals surface area contributed by atoms with Crippen molar-refractivity contribution in [3.05, 3.63) is 59.7 Å². The molecule has 0 amide bonds. The van der Waals surface area contributed by atoms with Gasteiger partial charge < -0.3 is 25.6 Å². The summed E-state index contributed by atoms with van der Waals surface area (Å²) in [5, 5.41) is 24.4. The second kappa shape index (κ2) is 7.53. The lowest BCUT2D eigenvalue weighted by molar-refractivity contribution is -0.285. The summed E-state index contributed by atoms with van der Waals surface area (Å²) in [4.78, 5) is 13.1. The zero-order valence-corrected chi connectivity index (χ0v) is 15.8. The lowest BCUT2D eigenvalue weighted by Crippen LogP contribution is -2.72. The number of carbonyl (C=O) groups excluding carboxylic acids is 1. The van der Waals surface area contributed by atoms with Gasteiger partial charge in [0.25, 0.3) is 0 Å². The Morgan fingerprint density at radius 3 is 2.45 bits per heavy atom. The normalized spacial score (nSPS) is 24.4. The molecule has 1 fully saturated rings. The Balaban J connectivity index is 2.18. The lowest BCUT2D eigenvalue weighted by Gasteiger charge is -2.46. The van der Waals surface area contributed by atoms with Crippen molar-refractivity contribution in [2.24, 2.45) is 5.92 Å². The second-order valence-corrected chi connectivity index (χ2v) is 6.89. The first-order valence-electron chi connectivity index (χ1n) is 8.42. The summed E-state index contributed by atoms with van der Waals surface area (Å²) >= 11 is 4.87. The molecule has 1 aliphatic heterocycles. The fourth-order valence-electron chi connectivity index (χ4n) is 3.29. The number of aromatic hydroxyl groups is 1. The van der Waals surface area contributed by atoms with Crippen LogP contribution in [0.2, 0.25) is 0 Å². The van der Waals surface area contributed by atoms with E-state index in [9.17, 15) is 28.2 Å². The van der Waals surface area contributed by atoms with Gasteiger partial charge in [-0.1, -0.05) is 36.4 Å². The number of ether oxygens (including phenoxy) is 1. The average molecular weight is 426 g/mol. The maximum atomic E-state index is 13.9. The number of benzene rings is 2. The van der Waals surface area contributed by atoms with E-state index in [1.54, 1.807) is 6.07 Å². The molecule has 1 heterocycles. The Kier molecular flexibility index (Phi) is 5.42. The maximum Gasteiger partial charge on any atom is 0.437 e. The summed E-state index contributed by atoms with van der Waals surface area (Å²) in [6.45, 7) is 0. The summed E-state index contributed by atoms with van der Waals surface area (Å²) in [5.74, 6) is -3.20. The van der Waals surface area contributed by atoms with Gasteiger partial charge in [-0.3, -0.25) is 4.79 Å². The van der Waals surface area contributed by atoms with Crippen molar-refractivity contribution in [2.45, 2.75) is 17.9 Å². The van der Waals surface area contributed by atoms with E-state index in [0.717, 1.165) is 0 Å². The monoisotopic (exact) mass is 426 g/mol. The molecule has 3 rings (SSSR count). The fraction of sp³-hybridized carbons (Fsp3) is 0.263. The van der Waals surface area contributed by atoms with Crippen LogP contribution in [0.4, 0.5) is 13.2 Å². The minimum absolute atomic E-state index is 0.00444. The van der Waals surface area contributed by atoms with Gasteiger partial charge in [0, 0.05) is 5.56 Å². The number of nitrogens with one attached hydrogen (secondary N) is 2. The maximum absolute atomic E-state index is 13.9. The summed E-state index contributed by atoms with van der Waals surface area (Å²) in [6, 6.07) is 9.83. The molecule has 1 aliphatic rings. The number of rotatable bonds is 4. The number of Topliss-reactive ketones (excluding diaryl/α,β-unsaturated/α-hetero) is 1. The van der Waals surface area contributed by atoms with Crippen molar-refractivity contribution in [1.82, 2.24) is 10.6 Å². The van der Waals surface area contributed by atoms with E-state index < -0.39 is 34.8 Å². The predicted molar refractivity (Wildman–Crippen MR) is 102 cm³/mol. The molecule has 0 aliphatic carbocycles. The van der Waals surface area contributed by atoms with E-state index in [2.05, 4.69) is 5.32 Å². The fourth-order valence-corrected chi connectivity index (χ4v) is 3.57. The van der Waals surface area contributed by atoms with Crippen molar-refractivity contribution < 1.29 is 32.9 Å². The highest BCUT2D eigenvalue weighted by atomic mass is 32.1. The van der Waals surface area contributed by atoms with Crippen LogP contribution >= 0.6 is 12.2 Å². The lowest BCUT2D eigenvalue weighted by atomic mass is 9.77. The van der Waals surface area contributed by atoms with Crippen molar-refractivity contribution in [3.63, 3.8) is 0 Å². The molecule has 2 aromatic rings. The zero-order valence-electron chi connectivity index (χ0n) is 15.0. The third-order valence-corrected chi connectivity index (χ3v) is 4.93. The Hall–Kier alpha value is -2.85. The van der Waals surface area contributed by atoms with E-state index in [4.69, 9.17) is 17.0 Å². The molecule has 154 valence electrons. The van der Waals surface area contributed by atoms with Crippen LogP contribution in [-0.2, 0) is 0 Å². The van der Waals surface area contributed by atoms with Gasteiger partial charge in [0.2, 0.25) is 5.72 Å². The average Bonchev–Trinajstić information content (AvgIpc) is 2.67. The molecule has 3 atom stereocenters. The summed E-state index contributed by atoms with van der Waals surface area (Å²) in [6.07, 6.45) is -5.21. The molecule has 29 heavy (non-hydrogen) atoms. The van der Waals surface area contributed by atoms with Crippen LogP contribution in [0.1, 0.15) is 22.0 Å². The number of methoxy groups -OCH3 is 1. The summed E-state index contributed by atoms with van der Waals surface area (Å²) in [7, 11) is 1.28. The molecule has 6 nitrogen and oxygen atoms in total. The van der Waals surface area contributed by atoms with Crippen molar-refractivity contribution in [3.8, 4) is 11.5 Å². The highest BCUT2D eigenvalue weighted by Gasteiger charge is 2.65. The third kappa shape index (κ3) is 3.73. The van der Waals surface area contributed by atoms with Gasteiger partial charge in [0.05, 0.1) is 13.2 Å². The summed E-state index contributed by atoms with van der Waals surface area (Å²) < 4.78 is 46.7. The minimum atomic E-state index is -5.21. The Labute approximate surface area is 169 Å². The molecule has 4 N–H and O–H groups in total. The number of ketones is 1. The third-order valence-electron chi connectivity index (χ3n) is 4.71. The van der Waals surface area contributed by atoms with E-state index in [-0.39, 0.29) is 22.6 Å². The van der Waals surface area contributed by atoms with Gasteiger partial charge in [-0.2, -0.15) is 13.2 Å². The number of thiocarbonyl (C=S) groups is 1. The number of phenols is 1. The van der Waals surface area contributed by atoms with Crippen LogP contribution in [0.5, 0.6) is 11.5 Å². The Morgan fingerprint density at radius 2 is 1.86 bits per heavy atom. The van der Waals surface area contributed by atoms with Crippen LogP contribution < -0.4 is 15.4 Å². The van der Waals surface area contributed by atoms with Crippen LogP contribution in [-0.4, -0.2) is 40.1 Å². The molecule has 0 unspecified atom stereocenters. The van der Waals surface area contributed by atoms with E-state index in [0.29, 0.717) is 0 Å². The number of phenolic OH excluding ortho intramolecular Hbond substituents is 1. The number of alkyl halides is 3. The van der Waals surface area contributed by atoms with E-state index in [1.165, 1.54) is 49.6 Å². The molecule has 1 saturated heterocycles. The molecular weight excluding hydrogens is 409 g/mol. The SMILES string of the molecule is COc1cc([C@@H]2NC(=S)N[C@@](O)(C(F)(F)F)[C@H]2C(=O)c2ccccc2)ccc1O. The quantitative estimate of drug-likeness (QED) is 0.442. The van der Waals surface area contributed by atoms with Gasteiger partial charge in [0.15, 0.2) is 22.4 Å². The molecular formula is C19H17F3N2O4S. The van der Waals surface area contributed by atoms with Gasteiger partial charge in [-0.05, 0) is 29.9 Å². The van der Waals surface area contributed by atoms with Gasteiger partial charge >= 0.3 is 6.18 Å². The molecule has 2 aromatic carbocycles. The standard InChI is InChI=1S/C19H17F3N2O4S/c1-28-13-9-11(7-8-12(13)25)15-14(16(26)10-5-3-2-4-6-10)18(27,19(20,21)22)24-17(29)23-15/h2-9,14-15,25,27H,1H3,(H2,23,24,29)/t14-,15+,18+/m1/s1. The van der Waals surface area contributed by atoms with Crippen LogP contribution in [0.25, 0.3) is 0 Å². The number of halogens is 3. The van der Waals surface area contributed by atoms with Crippen LogP contribution in [0.3, 0.4) is 0 Å². The molecule has 0 radical (unpaired) electrons. The predicted octanol–water partition coefficient (Wildman–Crippen LogP) is 2.67. The van der Waals surface area contributed by atoms with Crippen molar-refractivity contribution in [2.75, 3.05) is 7.11 Å². The minimum Gasteiger partial charge on any atom is -0.504 e. The molecule has 0 spiro atoms. The van der Waals surface area contributed by atoms with Crippen LogP contribution in [0.15, 0.2) is 48.5 Å². The first kappa shape index (κ1) is 20.9. The second-order valence-electron chi connectivity index (χ2n) is 6.48. The zero-order chi connectivity index (χ0) is 21.4. The first-order chi connectivity index (χ1) is 13.6. The first-order valence-corrected chi connectivity index (χ1v) is 8.83. The number of hydrogen-bond acceptors (Lipinski definition) is 5.